The second-order valence-electron chi connectivity index (χ2n) is 7.04. The predicted molar refractivity (Wildman–Crippen MR) is 131 cm³/mol. The Morgan fingerprint density at radius 2 is 1.79 bits per heavy atom. The molecule has 1 unspecified atom stereocenters. The highest BCUT2D eigenvalue weighted by atomic mass is 79.9. The zero-order valence-corrected chi connectivity index (χ0v) is 21.8. The Kier molecular flexibility index (Phi) is 9.81. The molecule has 0 amide bonds. The van der Waals surface area contributed by atoms with Crippen LogP contribution in [0.25, 0.3) is 11.2 Å². The third kappa shape index (κ3) is 6.74. The summed E-state index contributed by atoms with van der Waals surface area (Å²) in [6, 6.07) is 9.68. The summed E-state index contributed by atoms with van der Waals surface area (Å²) >= 11 is 3.48. The summed E-state index contributed by atoms with van der Waals surface area (Å²) in [6.07, 6.45) is -0.723. The van der Waals surface area contributed by atoms with Crippen molar-refractivity contribution in [3.63, 3.8) is 0 Å². The first-order valence-electron chi connectivity index (χ1n) is 10.8. The van der Waals surface area contributed by atoms with Crippen molar-refractivity contribution < 1.29 is 27.8 Å². The van der Waals surface area contributed by atoms with Crippen LogP contribution in [0.2, 0.25) is 0 Å². The highest BCUT2D eigenvalue weighted by Gasteiger charge is 2.28. The van der Waals surface area contributed by atoms with Crippen LogP contribution in [0.4, 0.5) is 5.82 Å². The van der Waals surface area contributed by atoms with E-state index in [1.807, 2.05) is 30.3 Å². The summed E-state index contributed by atoms with van der Waals surface area (Å²) in [6.45, 7) is 4.95. The molecule has 1 aromatic carbocycles. The maximum absolute atomic E-state index is 13.0. The minimum absolute atomic E-state index is 0.116. The molecule has 0 spiro atoms. The van der Waals surface area contributed by atoms with Crippen LogP contribution in [-0.2, 0) is 29.6 Å². The number of halogens is 1. The van der Waals surface area contributed by atoms with Gasteiger partial charge < -0.3 is 29.0 Å². The molecule has 0 fully saturated rings. The Morgan fingerprint density at radius 1 is 1.09 bits per heavy atom. The second kappa shape index (κ2) is 12.6. The van der Waals surface area contributed by atoms with Crippen LogP contribution < -0.4 is 10.5 Å². The minimum Gasteiger partial charge on any atom is -0.461 e. The van der Waals surface area contributed by atoms with Crippen molar-refractivity contribution in [1.29, 1.82) is 0 Å². The number of anilines is 1. The number of rotatable bonds is 14. The van der Waals surface area contributed by atoms with E-state index in [2.05, 4.69) is 30.9 Å². The van der Waals surface area contributed by atoms with Crippen LogP contribution in [0, 0.1) is 0 Å². The van der Waals surface area contributed by atoms with Crippen LogP contribution in [-0.4, -0.2) is 59.4 Å². The third-order valence-electron chi connectivity index (χ3n) is 4.68. The number of nitrogens with zero attached hydrogens (tertiary/aromatic N) is 4. The Bertz CT molecular complexity index is 1110. The monoisotopic (exact) mass is 557 g/mol. The molecule has 1 atom stereocenters. The van der Waals surface area contributed by atoms with Gasteiger partial charge in [-0.3, -0.25) is 9.13 Å². The zero-order chi connectivity index (χ0) is 24.6. The summed E-state index contributed by atoms with van der Waals surface area (Å²) in [5, 5.41) is 0. The van der Waals surface area contributed by atoms with Gasteiger partial charge in [0.05, 0.1) is 26.4 Å². The molecule has 0 radical (unpaired) electrons. The van der Waals surface area contributed by atoms with Gasteiger partial charge in [0, 0.05) is 7.11 Å². The van der Waals surface area contributed by atoms with Crippen molar-refractivity contribution in [1.82, 2.24) is 19.5 Å². The molecule has 0 aliphatic rings. The molecule has 3 rings (SSSR count). The first kappa shape index (κ1) is 26.5. The fourth-order valence-electron chi connectivity index (χ4n) is 3.19. The molecule has 11 nitrogen and oxygen atoms in total. The largest absolute Gasteiger partial charge is 0.461 e. The third-order valence-corrected chi connectivity index (χ3v) is 7.05. The summed E-state index contributed by atoms with van der Waals surface area (Å²) < 4.78 is 42.7. The minimum atomic E-state index is -3.41. The Labute approximate surface area is 206 Å². The number of fused-ring (bicyclic) bond motifs is 1. The van der Waals surface area contributed by atoms with E-state index < -0.39 is 13.7 Å². The van der Waals surface area contributed by atoms with Crippen molar-refractivity contribution in [2.24, 2.45) is 0 Å². The van der Waals surface area contributed by atoms with E-state index >= 15 is 0 Å². The standard InChI is InChI=1S/C21H29BrN5O6P/c1-4-32-34(28,33-5-2)14-31-16(15-9-7-6-8-10-15)13-27-19-17(24-20(27)22)18(23)25-21(26-19)30-12-11-29-3/h6-10,16H,4-5,11-14H2,1-3H3,(H2,23,25,26). The number of hydrogen-bond donors (Lipinski definition) is 1. The first-order valence-corrected chi connectivity index (χ1v) is 13.3. The van der Waals surface area contributed by atoms with Gasteiger partial charge in [-0.05, 0) is 35.3 Å². The number of methoxy groups -OCH3 is 1. The highest BCUT2D eigenvalue weighted by Crippen LogP contribution is 2.49. The number of hydrogen-bond acceptors (Lipinski definition) is 10. The highest BCUT2D eigenvalue weighted by molar-refractivity contribution is 9.10. The average Bonchev–Trinajstić information content (AvgIpc) is 3.13. The predicted octanol–water partition coefficient (Wildman–Crippen LogP) is 4.18. The SMILES string of the molecule is CCOP(=O)(COC(Cn1c(Br)nc2c(N)nc(OCCOC)nc21)c1ccccc1)OCC. The molecule has 0 bridgehead atoms. The van der Waals surface area contributed by atoms with E-state index in [1.54, 1.807) is 25.5 Å². The maximum atomic E-state index is 13.0. The Hall–Kier alpha value is -2.08. The Morgan fingerprint density at radius 3 is 2.44 bits per heavy atom. The first-order chi connectivity index (χ1) is 16.4. The normalized spacial score (nSPS) is 12.8. The lowest BCUT2D eigenvalue weighted by molar-refractivity contribution is 0.0541. The van der Waals surface area contributed by atoms with Crippen molar-refractivity contribution in [3.8, 4) is 6.01 Å². The molecule has 34 heavy (non-hydrogen) atoms. The van der Waals surface area contributed by atoms with Gasteiger partial charge in [0.25, 0.3) is 0 Å². The van der Waals surface area contributed by atoms with Gasteiger partial charge in [0.2, 0.25) is 0 Å². The average molecular weight is 558 g/mol. The quantitative estimate of drug-likeness (QED) is 0.175. The van der Waals surface area contributed by atoms with E-state index in [0.29, 0.717) is 22.5 Å². The molecule has 0 saturated heterocycles. The molecular weight excluding hydrogens is 529 g/mol. The molecule has 3 aromatic rings. The molecular formula is C21H29BrN5O6P. The van der Waals surface area contributed by atoms with Gasteiger partial charge in [0.15, 0.2) is 21.7 Å². The number of ether oxygens (including phenoxy) is 3. The molecule has 0 aliphatic carbocycles. The van der Waals surface area contributed by atoms with Crippen LogP contribution in [0.5, 0.6) is 6.01 Å². The number of aromatic nitrogens is 4. The molecule has 0 aliphatic heterocycles. The molecule has 186 valence electrons. The summed E-state index contributed by atoms with van der Waals surface area (Å²) in [7, 11) is -1.83. The van der Waals surface area contributed by atoms with E-state index in [1.165, 1.54) is 0 Å². The van der Waals surface area contributed by atoms with Crippen LogP contribution in [0.3, 0.4) is 0 Å². The summed E-state index contributed by atoms with van der Waals surface area (Å²) in [5.41, 5.74) is 7.87. The van der Waals surface area contributed by atoms with Crippen molar-refractivity contribution in [2.45, 2.75) is 26.5 Å². The van der Waals surface area contributed by atoms with Gasteiger partial charge in [-0.1, -0.05) is 30.3 Å². The van der Waals surface area contributed by atoms with E-state index in [9.17, 15) is 4.57 Å². The summed E-state index contributed by atoms with van der Waals surface area (Å²) in [5.74, 6) is 0.186. The fraction of sp³-hybridized carbons (Fsp3) is 0.476. The summed E-state index contributed by atoms with van der Waals surface area (Å²) in [4.78, 5) is 13.1. The lowest BCUT2D eigenvalue weighted by Gasteiger charge is -2.23. The number of nitrogen functional groups attached to an aromatic ring is 1. The van der Waals surface area contributed by atoms with Gasteiger partial charge in [0.1, 0.15) is 19.1 Å². The molecule has 13 heteroatoms. The Balaban J connectivity index is 1.93. The van der Waals surface area contributed by atoms with Gasteiger partial charge in [-0.2, -0.15) is 9.97 Å². The second-order valence-corrected chi connectivity index (χ2v) is 9.74. The van der Waals surface area contributed by atoms with Gasteiger partial charge in [-0.25, -0.2) is 4.98 Å². The molecule has 2 aromatic heterocycles. The van der Waals surface area contributed by atoms with Gasteiger partial charge >= 0.3 is 13.6 Å². The molecule has 2 N–H and O–H groups in total. The molecule has 2 heterocycles. The van der Waals surface area contributed by atoms with Crippen LogP contribution >= 0.6 is 23.5 Å². The van der Waals surface area contributed by atoms with Crippen LogP contribution in [0.15, 0.2) is 35.1 Å². The maximum Gasteiger partial charge on any atom is 0.356 e. The van der Waals surface area contributed by atoms with E-state index in [4.69, 9.17) is 29.0 Å². The topological polar surface area (TPSA) is 133 Å². The fourth-order valence-corrected chi connectivity index (χ4v) is 5.05. The lowest BCUT2D eigenvalue weighted by Crippen LogP contribution is -2.16. The number of imidazole rings is 1. The van der Waals surface area contributed by atoms with Crippen LogP contribution in [0.1, 0.15) is 25.5 Å². The van der Waals surface area contributed by atoms with E-state index in [0.717, 1.165) is 5.56 Å². The smallest absolute Gasteiger partial charge is 0.356 e. The lowest BCUT2D eigenvalue weighted by atomic mass is 10.1. The number of benzene rings is 1. The van der Waals surface area contributed by atoms with Gasteiger partial charge in [-0.15, -0.1) is 0 Å². The van der Waals surface area contributed by atoms with Crippen molar-refractivity contribution in [3.05, 3.63) is 40.6 Å². The zero-order valence-electron chi connectivity index (χ0n) is 19.3. The molecule has 0 saturated carbocycles. The van der Waals surface area contributed by atoms with Crippen molar-refractivity contribution in [2.75, 3.05) is 45.6 Å². The van der Waals surface area contributed by atoms with Crippen molar-refractivity contribution >= 4 is 40.5 Å². The van der Waals surface area contributed by atoms with E-state index in [-0.39, 0.29) is 44.5 Å². The number of nitrogens with two attached hydrogens (primary N) is 1.